The Morgan fingerprint density at radius 3 is 2.55 bits per heavy atom. The van der Waals surface area contributed by atoms with Gasteiger partial charge in [0.25, 0.3) is 0 Å². The summed E-state index contributed by atoms with van der Waals surface area (Å²) in [6.07, 6.45) is 6.33. The van der Waals surface area contributed by atoms with E-state index in [0.29, 0.717) is 6.04 Å². The van der Waals surface area contributed by atoms with Crippen LogP contribution in [0.4, 0.5) is 4.39 Å². The van der Waals surface area contributed by atoms with E-state index in [2.05, 4.69) is 5.32 Å². The van der Waals surface area contributed by atoms with E-state index in [-0.39, 0.29) is 5.82 Å². The lowest BCUT2D eigenvalue weighted by Gasteiger charge is -2.19. The van der Waals surface area contributed by atoms with Crippen molar-refractivity contribution >= 4 is 0 Å². The van der Waals surface area contributed by atoms with Gasteiger partial charge in [-0.3, -0.25) is 0 Å². The number of benzene rings is 1. The molecule has 0 radical (unpaired) electrons. The second kappa shape index (κ2) is 6.68. The highest BCUT2D eigenvalue weighted by atomic mass is 19.1. The van der Waals surface area contributed by atoms with Crippen LogP contribution in [0.3, 0.4) is 0 Å². The topological polar surface area (TPSA) is 21.3 Å². The summed E-state index contributed by atoms with van der Waals surface area (Å²) in [5, 5.41) is 3.62. The zero-order chi connectivity index (χ0) is 13.8. The molecule has 20 heavy (non-hydrogen) atoms. The van der Waals surface area contributed by atoms with Crippen molar-refractivity contribution in [2.75, 3.05) is 19.8 Å². The van der Waals surface area contributed by atoms with Crippen LogP contribution in [0.25, 0.3) is 0 Å². The molecule has 1 atom stereocenters. The molecule has 2 fully saturated rings. The normalized spacial score (nSPS) is 20.1. The van der Waals surface area contributed by atoms with Crippen molar-refractivity contribution in [3.8, 4) is 0 Å². The third-order valence-corrected chi connectivity index (χ3v) is 4.20. The minimum atomic E-state index is -0.156. The summed E-state index contributed by atoms with van der Waals surface area (Å²) in [5.41, 5.74) is 1.22. The molecule has 0 amide bonds. The van der Waals surface area contributed by atoms with Gasteiger partial charge in [-0.1, -0.05) is 12.1 Å². The molecule has 0 bridgehead atoms. The molecular weight excluding hydrogens is 253 g/mol. The molecule has 3 rings (SSSR count). The number of halogens is 1. The maximum absolute atomic E-state index is 13.0. The molecule has 0 heterocycles. The fraction of sp³-hybridized carbons (Fsp3) is 0.647. The van der Waals surface area contributed by atoms with E-state index in [1.165, 1.54) is 31.2 Å². The van der Waals surface area contributed by atoms with Gasteiger partial charge in [-0.2, -0.15) is 0 Å². The molecule has 0 aliphatic heterocycles. The molecule has 0 saturated heterocycles. The highest BCUT2D eigenvalue weighted by Gasteiger charge is 2.31. The van der Waals surface area contributed by atoms with Crippen molar-refractivity contribution in [3.05, 3.63) is 35.6 Å². The fourth-order valence-corrected chi connectivity index (χ4v) is 2.62. The van der Waals surface area contributed by atoms with Crippen molar-refractivity contribution in [1.82, 2.24) is 5.32 Å². The first-order valence-electron chi connectivity index (χ1n) is 7.89. The van der Waals surface area contributed by atoms with Gasteiger partial charge in [0.15, 0.2) is 0 Å². The van der Waals surface area contributed by atoms with Crippen LogP contribution in [0.5, 0.6) is 0 Å². The van der Waals surface area contributed by atoms with Gasteiger partial charge in [-0.25, -0.2) is 4.39 Å². The number of nitrogens with one attached hydrogen (secondary N) is 1. The molecule has 3 heteroatoms. The summed E-state index contributed by atoms with van der Waals surface area (Å²) >= 11 is 0. The maximum Gasteiger partial charge on any atom is 0.123 e. The van der Waals surface area contributed by atoms with Gasteiger partial charge in [-0.05, 0) is 68.2 Å². The van der Waals surface area contributed by atoms with Crippen LogP contribution < -0.4 is 5.32 Å². The van der Waals surface area contributed by atoms with Crippen LogP contribution in [0, 0.1) is 17.7 Å². The Morgan fingerprint density at radius 1 is 1.15 bits per heavy atom. The molecule has 2 aliphatic carbocycles. The fourth-order valence-electron chi connectivity index (χ4n) is 2.62. The molecule has 2 nitrogen and oxygen atoms in total. The molecular formula is C17H24FNO. The minimum Gasteiger partial charge on any atom is -0.381 e. The summed E-state index contributed by atoms with van der Waals surface area (Å²) in [4.78, 5) is 0. The average Bonchev–Trinajstić information content (AvgIpc) is 3.33. The zero-order valence-electron chi connectivity index (χ0n) is 12.0. The predicted molar refractivity (Wildman–Crippen MR) is 78.0 cm³/mol. The van der Waals surface area contributed by atoms with E-state index in [4.69, 9.17) is 4.74 Å². The summed E-state index contributed by atoms with van der Waals surface area (Å²) in [7, 11) is 0. The number of rotatable bonds is 9. The Balaban J connectivity index is 1.39. The van der Waals surface area contributed by atoms with E-state index in [1.54, 1.807) is 12.1 Å². The Kier molecular flexibility index (Phi) is 4.69. The number of hydrogen-bond acceptors (Lipinski definition) is 2. The van der Waals surface area contributed by atoms with E-state index in [1.807, 2.05) is 12.1 Å². The first kappa shape index (κ1) is 14.0. The van der Waals surface area contributed by atoms with Crippen molar-refractivity contribution in [3.63, 3.8) is 0 Å². The Morgan fingerprint density at radius 2 is 1.90 bits per heavy atom. The lowest BCUT2D eigenvalue weighted by atomic mass is 10.0. The summed E-state index contributed by atoms with van der Waals surface area (Å²) in [5.74, 6) is 1.42. The van der Waals surface area contributed by atoms with Crippen LogP contribution in [0.1, 0.15) is 43.7 Å². The van der Waals surface area contributed by atoms with Crippen LogP contribution in [0.15, 0.2) is 24.3 Å². The zero-order valence-corrected chi connectivity index (χ0v) is 12.0. The molecule has 0 aromatic heterocycles. The molecule has 110 valence electrons. The van der Waals surface area contributed by atoms with Gasteiger partial charge in [-0.15, -0.1) is 0 Å². The van der Waals surface area contributed by atoms with Crippen molar-refractivity contribution in [2.45, 2.75) is 38.1 Å². The molecule has 2 saturated carbocycles. The SMILES string of the molecule is Fc1ccc(C(NCCCOCC2CC2)C2CC2)cc1. The monoisotopic (exact) mass is 277 g/mol. The van der Waals surface area contributed by atoms with Gasteiger partial charge >= 0.3 is 0 Å². The van der Waals surface area contributed by atoms with Gasteiger partial charge in [0.05, 0.1) is 0 Å². The quantitative estimate of drug-likeness (QED) is 0.695. The van der Waals surface area contributed by atoms with E-state index in [9.17, 15) is 4.39 Å². The minimum absolute atomic E-state index is 0.156. The molecule has 2 aliphatic rings. The Hall–Kier alpha value is -0.930. The van der Waals surface area contributed by atoms with E-state index < -0.39 is 0 Å². The van der Waals surface area contributed by atoms with Crippen LogP contribution in [-0.2, 0) is 4.74 Å². The van der Waals surface area contributed by atoms with Gasteiger partial charge in [0.2, 0.25) is 0 Å². The predicted octanol–water partition coefficient (Wildman–Crippen LogP) is 3.68. The average molecular weight is 277 g/mol. The highest BCUT2D eigenvalue weighted by molar-refractivity contribution is 5.21. The van der Waals surface area contributed by atoms with Crippen molar-refractivity contribution in [2.24, 2.45) is 11.8 Å². The maximum atomic E-state index is 13.0. The van der Waals surface area contributed by atoms with Gasteiger partial charge in [0, 0.05) is 19.3 Å². The molecule has 1 aromatic rings. The van der Waals surface area contributed by atoms with Gasteiger partial charge in [0.1, 0.15) is 5.82 Å². The lowest BCUT2D eigenvalue weighted by Crippen LogP contribution is -2.25. The van der Waals surface area contributed by atoms with Crippen molar-refractivity contribution < 1.29 is 9.13 Å². The van der Waals surface area contributed by atoms with E-state index in [0.717, 1.165) is 38.0 Å². The number of ether oxygens (including phenoxy) is 1. The van der Waals surface area contributed by atoms with Crippen LogP contribution in [-0.4, -0.2) is 19.8 Å². The first-order chi connectivity index (χ1) is 9.83. The summed E-state index contributed by atoms with van der Waals surface area (Å²) < 4.78 is 18.6. The number of hydrogen-bond donors (Lipinski definition) is 1. The smallest absolute Gasteiger partial charge is 0.123 e. The molecule has 1 unspecified atom stereocenters. The highest BCUT2D eigenvalue weighted by Crippen LogP contribution is 2.40. The Bertz CT molecular complexity index is 412. The third kappa shape index (κ3) is 4.29. The standard InChI is InChI=1S/C17H24FNO/c18-16-8-6-15(7-9-16)17(14-4-5-14)19-10-1-11-20-12-13-2-3-13/h6-9,13-14,17,19H,1-5,10-12H2. The Labute approximate surface area is 120 Å². The molecule has 1 aromatic carbocycles. The second-order valence-electron chi connectivity index (χ2n) is 6.19. The van der Waals surface area contributed by atoms with Crippen LogP contribution in [0.2, 0.25) is 0 Å². The second-order valence-corrected chi connectivity index (χ2v) is 6.19. The van der Waals surface area contributed by atoms with Crippen LogP contribution >= 0.6 is 0 Å². The summed E-state index contributed by atoms with van der Waals surface area (Å²) in [6.45, 7) is 2.78. The molecule has 1 N–H and O–H groups in total. The van der Waals surface area contributed by atoms with Crippen molar-refractivity contribution in [1.29, 1.82) is 0 Å². The lowest BCUT2D eigenvalue weighted by molar-refractivity contribution is 0.121. The van der Waals surface area contributed by atoms with Gasteiger partial charge < -0.3 is 10.1 Å². The third-order valence-electron chi connectivity index (χ3n) is 4.20. The largest absolute Gasteiger partial charge is 0.381 e. The first-order valence-corrected chi connectivity index (χ1v) is 7.89. The summed E-state index contributed by atoms with van der Waals surface area (Å²) in [6, 6.07) is 7.33. The molecule has 0 spiro atoms. The van der Waals surface area contributed by atoms with E-state index >= 15 is 0 Å².